The summed E-state index contributed by atoms with van der Waals surface area (Å²) in [5.41, 5.74) is 2.21. The van der Waals surface area contributed by atoms with Gasteiger partial charge in [0.1, 0.15) is 6.07 Å². The number of carbonyl (C=O) groups excluding carboxylic acids is 1. The maximum atomic E-state index is 13.1. The highest BCUT2D eigenvalue weighted by atomic mass is 16.2. The largest absolute Gasteiger partial charge is 0.337 e. The number of hydrogen-bond acceptors (Lipinski definition) is 6. The summed E-state index contributed by atoms with van der Waals surface area (Å²) in [5.74, 6) is 0.610. The van der Waals surface area contributed by atoms with Crippen molar-refractivity contribution in [3.63, 3.8) is 0 Å². The molecular weight excluding hydrogens is 414 g/mol. The van der Waals surface area contributed by atoms with E-state index in [4.69, 9.17) is 5.26 Å². The number of hydrogen-bond donors (Lipinski definition) is 1. The van der Waals surface area contributed by atoms with Crippen molar-refractivity contribution in [1.29, 1.82) is 5.26 Å². The van der Waals surface area contributed by atoms with Crippen LogP contribution in [0.1, 0.15) is 37.8 Å². The third-order valence-corrected chi connectivity index (χ3v) is 7.26. The van der Waals surface area contributed by atoms with Gasteiger partial charge < -0.3 is 15.1 Å². The van der Waals surface area contributed by atoms with Gasteiger partial charge >= 0.3 is 6.03 Å². The monoisotopic (exact) mass is 445 g/mol. The van der Waals surface area contributed by atoms with Crippen molar-refractivity contribution in [2.75, 3.05) is 31.1 Å². The number of piperazine rings is 1. The second-order valence-electron chi connectivity index (χ2n) is 10.1. The number of urea groups is 1. The van der Waals surface area contributed by atoms with Crippen molar-refractivity contribution in [1.82, 2.24) is 25.1 Å². The minimum Gasteiger partial charge on any atom is -0.337 e. The lowest BCUT2D eigenvalue weighted by Gasteiger charge is -2.59. The average Bonchev–Trinajstić information content (AvgIpc) is 2.76. The van der Waals surface area contributed by atoms with Crippen LogP contribution in [-0.2, 0) is 6.54 Å². The van der Waals surface area contributed by atoms with Gasteiger partial charge in [0.25, 0.3) is 0 Å². The van der Waals surface area contributed by atoms with Gasteiger partial charge in [-0.3, -0.25) is 4.90 Å². The van der Waals surface area contributed by atoms with E-state index in [9.17, 15) is 4.79 Å². The van der Waals surface area contributed by atoms with Gasteiger partial charge in [0.15, 0.2) is 0 Å². The Labute approximate surface area is 195 Å². The number of benzene rings is 1. The average molecular weight is 446 g/mol. The molecule has 1 aromatic heterocycles. The first kappa shape index (κ1) is 21.7. The third kappa shape index (κ3) is 4.38. The van der Waals surface area contributed by atoms with E-state index in [1.807, 2.05) is 11.0 Å². The van der Waals surface area contributed by atoms with Crippen molar-refractivity contribution in [2.45, 2.75) is 51.4 Å². The van der Waals surface area contributed by atoms with E-state index in [0.29, 0.717) is 30.0 Å². The summed E-state index contributed by atoms with van der Waals surface area (Å²) in [6.07, 6.45) is 5.24. The molecule has 2 aromatic rings. The lowest BCUT2D eigenvalue weighted by molar-refractivity contribution is -0.0812. The van der Waals surface area contributed by atoms with Crippen LogP contribution in [0.4, 0.5) is 10.7 Å². The second kappa shape index (κ2) is 8.64. The molecule has 3 fully saturated rings. The zero-order chi connectivity index (χ0) is 23.0. The van der Waals surface area contributed by atoms with Gasteiger partial charge in [-0.2, -0.15) is 5.26 Å². The zero-order valence-electron chi connectivity index (χ0n) is 19.3. The Morgan fingerprint density at radius 3 is 2.36 bits per heavy atom. The lowest BCUT2D eigenvalue weighted by atomic mass is 9.60. The molecule has 1 spiro atoms. The molecule has 3 aliphatic rings. The van der Waals surface area contributed by atoms with E-state index in [1.165, 1.54) is 5.56 Å². The first-order chi connectivity index (χ1) is 15.9. The van der Waals surface area contributed by atoms with Crippen LogP contribution in [0, 0.1) is 16.7 Å². The minimum absolute atomic E-state index is 0.0377. The summed E-state index contributed by atoms with van der Waals surface area (Å²) in [5, 5.41) is 12.2. The molecule has 1 N–H and O–H groups in total. The molecule has 2 amide bonds. The molecular formula is C25H31N7O. The van der Waals surface area contributed by atoms with E-state index in [0.717, 1.165) is 32.5 Å². The third-order valence-electron chi connectivity index (χ3n) is 7.26. The van der Waals surface area contributed by atoms with Crippen molar-refractivity contribution >= 4 is 12.0 Å². The maximum absolute atomic E-state index is 13.1. The molecule has 8 nitrogen and oxygen atoms in total. The fraction of sp³-hybridized carbons (Fsp3) is 0.520. The Morgan fingerprint density at radius 1 is 1.12 bits per heavy atom. The normalized spacial score (nSPS) is 24.6. The van der Waals surface area contributed by atoms with Crippen molar-refractivity contribution in [3.8, 4) is 6.07 Å². The summed E-state index contributed by atoms with van der Waals surface area (Å²) < 4.78 is 0. The second-order valence-corrected chi connectivity index (χ2v) is 10.1. The summed E-state index contributed by atoms with van der Waals surface area (Å²) in [7, 11) is 0. The molecule has 3 heterocycles. The zero-order valence-corrected chi connectivity index (χ0v) is 19.3. The van der Waals surface area contributed by atoms with Gasteiger partial charge in [-0.15, -0.1) is 0 Å². The molecule has 0 bridgehead atoms. The summed E-state index contributed by atoms with van der Waals surface area (Å²) in [6.45, 7) is 8.76. The molecule has 8 heteroatoms. The highest BCUT2D eigenvalue weighted by Gasteiger charge is 2.52. The number of nitrogens with one attached hydrogen (secondary N) is 1. The fourth-order valence-corrected chi connectivity index (χ4v) is 5.88. The van der Waals surface area contributed by atoms with Crippen LogP contribution in [0.3, 0.4) is 0 Å². The smallest absolute Gasteiger partial charge is 0.318 e. The van der Waals surface area contributed by atoms with Crippen LogP contribution in [0.25, 0.3) is 0 Å². The molecule has 5 rings (SSSR count). The molecule has 0 radical (unpaired) electrons. The minimum atomic E-state index is 0.0377. The predicted molar refractivity (Wildman–Crippen MR) is 125 cm³/mol. The van der Waals surface area contributed by atoms with Gasteiger partial charge in [-0.25, -0.2) is 14.8 Å². The summed E-state index contributed by atoms with van der Waals surface area (Å²) >= 11 is 0. The van der Waals surface area contributed by atoms with E-state index in [2.05, 4.69) is 69.3 Å². The number of amides is 2. The quantitative estimate of drug-likeness (QED) is 0.778. The molecule has 1 aliphatic carbocycles. The van der Waals surface area contributed by atoms with Crippen molar-refractivity contribution in [3.05, 3.63) is 53.9 Å². The number of aromatic nitrogens is 2. The van der Waals surface area contributed by atoms with Crippen LogP contribution < -0.4 is 10.2 Å². The van der Waals surface area contributed by atoms with E-state index in [1.54, 1.807) is 12.4 Å². The van der Waals surface area contributed by atoms with Gasteiger partial charge in [-0.1, -0.05) is 30.3 Å². The Morgan fingerprint density at radius 2 is 1.76 bits per heavy atom. The predicted octanol–water partition coefficient (Wildman–Crippen LogP) is 2.62. The Balaban J connectivity index is 1.09. The Bertz CT molecular complexity index is 1010. The highest BCUT2D eigenvalue weighted by Crippen LogP contribution is 2.48. The number of nitriles is 1. The first-order valence-corrected chi connectivity index (χ1v) is 11.8. The van der Waals surface area contributed by atoms with E-state index in [-0.39, 0.29) is 24.2 Å². The van der Waals surface area contributed by atoms with E-state index < -0.39 is 0 Å². The van der Waals surface area contributed by atoms with Gasteiger partial charge in [0.05, 0.1) is 18.0 Å². The number of likely N-dealkylation sites (tertiary alicyclic amines) is 1. The number of anilines is 1. The SMILES string of the molecule is C[C@H]1CN(c2ncc(C#N)cn2)C[C@H](C)N1C(=O)NC1CC2(C1)CN(Cc1ccccc1)C2. The fourth-order valence-electron chi connectivity index (χ4n) is 5.88. The Kier molecular flexibility index (Phi) is 5.67. The number of carbonyl (C=O) groups is 1. The van der Waals surface area contributed by atoms with Crippen LogP contribution in [0.2, 0.25) is 0 Å². The Hall–Kier alpha value is -3.18. The number of rotatable bonds is 4. The first-order valence-electron chi connectivity index (χ1n) is 11.8. The van der Waals surface area contributed by atoms with Gasteiger partial charge in [0.2, 0.25) is 5.95 Å². The molecule has 33 heavy (non-hydrogen) atoms. The number of nitrogens with zero attached hydrogens (tertiary/aromatic N) is 6. The summed E-state index contributed by atoms with van der Waals surface area (Å²) in [6, 6.07) is 13.1. The molecule has 2 aliphatic heterocycles. The molecule has 2 saturated heterocycles. The highest BCUT2D eigenvalue weighted by molar-refractivity contribution is 5.76. The molecule has 172 valence electrons. The van der Waals surface area contributed by atoms with Crippen LogP contribution in [0.15, 0.2) is 42.7 Å². The summed E-state index contributed by atoms with van der Waals surface area (Å²) in [4.78, 5) is 28.3. The molecule has 1 saturated carbocycles. The van der Waals surface area contributed by atoms with Crippen LogP contribution in [-0.4, -0.2) is 70.1 Å². The van der Waals surface area contributed by atoms with Crippen molar-refractivity contribution in [2.24, 2.45) is 5.41 Å². The lowest BCUT2D eigenvalue weighted by Crippen LogP contribution is -2.68. The van der Waals surface area contributed by atoms with Crippen molar-refractivity contribution < 1.29 is 4.79 Å². The standard InChI is InChI=1S/C25H31N7O/c1-18-13-31(23-27-11-21(10-26)12-28-23)14-19(2)32(18)24(33)29-22-8-25(9-22)16-30(17-25)15-20-6-4-3-5-7-20/h3-7,11-12,18-19,22H,8-9,13-17H2,1-2H3,(H,29,33)/t18-,19-/m0/s1. The van der Waals surface area contributed by atoms with Gasteiger partial charge in [-0.05, 0) is 37.7 Å². The van der Waals surface area contributed by atoms with Crippen LogP contribution >= 0.6 is 0 Å². The maximum Gasteiger partial charge on any atom is 0.318 e. The van der Waals surface area contributed by atoms with Crippen LogP contribution in [0.5, 0.6) is 0 Å². The van der Waals surface area contributed by atoms with Gasteiger partial charge in [0, 0.05) is 50.8 Å². The molecule has 1 aromatic carbocycles. The molecule has 2 atom stereocenters. The topological polar surface area (TPSA) is 88.4 Å². The van der Waals surface area contributed by atoms with E-state index >= 15 is 0 Å². The molecule has 0 unspecified atom stereocenters.